The Balaban J connectivity index is 1.09. The van der Waals surface area contributed by atoms with Crippen molar-refractivity contribution in [3.63, 3.8) is 0 Å². The van der Waals surface area contributed by atoms with Crippen molar-refractivity contribution in [2.75, 3.05) is 18.8 Å². The van der Waals surface area contributed by atoms with Gasteiger partial charge in [0.1, 0.15) is 17.5 Å². The minimum atomic E-state index is -3.07. The van der Waals surface area contributed by atoms with E-state index in [1.807, 2.05) is 24.3 Å². The highest BCUT2D eigenvalue weighted by molar-refractivity contribution is 7.99. The number of likely N-dealkylation sites (tertiary alicyclic amines) is 1. The van der Waals surface area contributed by atoms with Crippen molar-refractivity contribution in [1.82, 2.24) is 20.7 Å². The summed E-state index contributed by atoms with van der Waals surface area (Å²) in [5, 5.41) is 9.60. The molecule has 3 aromatic carbocycles. The van der Waals surface area contributed by atoms with E-state index in [1.165, 1.54) is 11.8 Å². The lowest BCUT2D eigenvalue weighted by molar-refractivity contribution is -0.160. The number of nitrogens with two attached hydrogens (primary N) is 1. The van der Waals surface area contributed by atoms with E-state index in [0.29, 0.717) is 28.0 Å². The van der Waals surface area contributed by atoms with Crippen molar-refractivity contribution in [3.8, 4) is 11.5 Å². The normalized spacial score (nSPS) is 17.3. The summed E-state index contributed by atoms with van der Waals surface area (Å²) in [6.45, 7) is -3.68. The highest BCUT2D eigenvalue weighted by Gasteiger charge is 2.41. The molecule has 2 aliphatic rings. The van der Waals surface area contributed by atoms with Gasteiger partial charge < -0.3 is 35.3 Å². The van der Waals surface area contributed by atoms with Crippen LogP contribution in [0.1, 0.15) is 22.3 Å². The first-order valence-electron chi connectivity index (χ1n) is 13.3. The van der Waals surface area contributed by atoms with E-state index >= 15 is 0 Å². The largest absolute Gasteiger partial charge is 0.455 e. The summed E-state index contributed by atoms with van der Waals surface area (Å²) >= 11 is 1.52. The molecule has 0 aliphatic carbocycles. The highest BCUT2D eigenvalue weighted by Crippen LogP contribution is 2.46. The zero-order chi connectivity index (χ0) is 30.1. The van der Waals surface area contributed by atoms with E-state index in [9.17, 15) is 23.2 Å². The van der Waals surface area contributed by atoms with Gasteiger partial charge in [-0.15, -0.1) is 0 Å². The molecule has 4 N–H and O–H groups in total. The molecule has 2 atom stereocenters. The van der Waals surface area contributed by atoms with Gasteiger partial charge in [0.05, 0.1) is 27.8 Å². The average Bonchev–Trinajstić information content (AvgIpc) is 3.59. The Bertz CT molecular complexity index is 1720. The van der Waals surface area contributed by atoms with Crippen molar-refractivity contribution in [3.05, 3.63) is 71.8 Å². The van der Waals surface area contributed by atoms with Gasteiger partial charge in [0.15, 0.2) is 11.4 Å². The molecule has 0 unspecified atom stereocenters. The van der Waals surface area contributed by atoms with E-state index in [0.717, 1.165) is 14.7 Å². The second-order valence-corrected chi connectivity index (χ2v) is 11.0. The second-order valence-electron chi connectivity index (χ2n) is 9.93. The number of nitrogen functional groups attached to an aromatic ring is 1. The summed E-state index contributed by atoms with van der Waals surface area (Å²) in [7, 11) is 0. The Labute approximate surface area is 247 Å². The van der Waals surface area contributed by atoms with Crippen LogP contribution in [0.25, 0.3) is 11.0 Å². The first-order valence-corrected chi connectivity index (χ1v) is 14.1. The molecule has 0 saturated carbocycles. The number of benzene rings is 3. The molecule has 6 rings (SSSR count). The van der Waals surface area contributed by atoms with Crippen LogP contribution in [0.15, 0.2) is 75.0 Å². The summed E-state index contributed by atoms with van der Waals surface area (Å²) in [6.07, 6.45) is -1.18. The molecule has 43 heavy (non-hydrogen) atoms. The second kappa shape index (κ2) is 11.9. The van der Waals surface area contributed by atoms with E-state index in [4.69, 9.17) is 15.0 Å². The average molecular weight is 610 g/mol. The topological polar surface area (TPSA) is 149 Å². The van der Waals surface area contributed by atoms with Crippen LogP contribution in [0.2, 0.25) is 0 Å². The number of rotatable bonds is 8. The summed E-state index contributed by atoms with van der Waals surface area (Å²) in [4.78, 5) is 42.1. The molecule has 2 aliphatic heterocycles. The van der Waals surface area contributed by atoms with Gasteiger partial charge in [0.25, 0.3) is 5.91 Å². The smallest absolute Gasteiger partial charge is 0.345 e. The number of para-hydroxylation sites is 1. The first kappa shape index (κ1) is 28.4. The third kappa shape index (κ3) is 6.10. The minimum Gasteiger partial charge on any atom is -0.455 e. The SMILES string of the molecule is Nc1noc2cc(CNC(=O)[C@@H]3C[C@@H](OC(F)F)CN3C(=O)CNC(=O)c3ccc4c(c3)Oc3ccccc3S4)ccc12. The molecular weight excluding hydrogens is 584 g/mol. The zero-order valence-corrected chi connectivity index (χ0v) is 23.2. The predicted octanol–water partition coefficient (Wildman–Crippen LogP) is 3.92. The Hall–Kier alpha value is -4.69. The quantitative estimate of drug-likeness (QED) is 0.238. The number of halogens is 2. The first-order chi connectivity index (χ1) is 20.7. The fraction of sp³-hybridized carbons (Fsp3) is 0.241. The molecule has 1 fully saturated rings. The van der Waals surface area contributed by atoms with Crippen molar-refractivity contribution < 1.29 is 37.2 Å². The number of nitrogens with one attached hydrogen (secondary N) is 2. The van der Waals surface area contributed by atoms with E-state index in [-0.39, 0.29) is 30.9 Å². The van der Waals surface area contributed by atoms with E-state index in [2.05, 4.69) is 20.5 Å². The van der Waals surface area contributed by atoms with Crippen LogP contribution in [0, 0.1) is 0 Å². The third-order valence-electron chi connectivity index (χ3n) is 7.11. The van der Waals surface area contributed by atoms with Crippen molar-refractivity contribution in [2.24, 2.45) is 0 Å². The lowest BCUT2D eigenvalue weighted by Crippen LogP contribution is -2.48. The van der Waals surface area contributed by atoms with Crippen LogP contribution in [-0.2, 0) is 20.9 Å². The molecular formula is C29H25F2N5O6S. The Morgan fingerprint density at radius 2 is 1.88 bits per heavy atom. The summed E-state index contributed by atoms with van der Waals surface area (Å²) in [5.74, 6) is -0.278. The molecule has 0 radical (unpaired) electrons. The molecule has 222 valence electrons. The molecule has 4 aromatic rings. The monoisotopic (exact) mass is 609 g/mol. The lowest BCUT2D eigenvalue weighted by Gasteiger charge is -2.24. The number of anilines is 1. The molecule has 11 nitrogen and oxygen atoms in total. The van der Waals surface area contributed by atoms with E-state index in [1.54, 1.807) is 36.4 Å². The maximum Gasteiger partial charge on any atom is 0.345 e. The summed E-state index contributed by atoms with van der Waals surface area (Å²) in [5.41, 5.74) is 7.12. The van der Waals surface area contributed by atoms with Gasteiger partial charge in [-0.3, -0.25) is 14.4 Å². The number of aromatic nitrogens is 1. The van der Waals surface area contributed by atoms with Crippen LogP contribution in [0.3, 0.4) is 0 Å². The highest BCUT2D eigenvalue weighted by atomic mass is 32.2. The molecule has 0 bridgehead atoms. The van der Waals surface area contributed by atoms with Gasteiger partial charge in [-0.1, -0.05) is 35.1 Å². The van der Waals surface area contributed by atoms with Crippen molar-refractivity contribution >= 4 is 46.3 Å². The number of nitrogens with zero attached hydrogens (tertiary/aromatic N) is 2. The maximum absolute atomic E-state index is 13.1. The predicted molar refractivity (Wildman–Crippen MR) is 151 cm³/mol. The van der Waals surface area contributed by atoms with E-state index < -0.39 is 43.0 Å². The molecule has 1 saturated heterocycles. The molecule has 1 aromatic heterocycles. The number of hydrogen-bond donors (Lipinski definition) is 3. The van der Waals surface area contributed by atoms with Crippen LogP contribution in [0.5, 0.6) is 11.5 Å². The number of carbonyl (C=O) groups excluding carboxylic acids is 3. The molecule has 3 amide bonds. The molecule has 3 heterocycles. The van der Waals surface area contributed by atoms with Gasteiger partial charge in [0.2, 0.25) is 11.8 Å². The number of alkyl halides is 2. The maximum atomic E-state index is 13.1. The third-order valence-corrected chi connectivity index (χ3v) is 8.22. The Kier molecular flexibility index (Phi) is 7.86. The summed E-state index contributed by atoms with van der Waals surface area (Å²) in [6, 6.07) is 16.5. The van der Waals surface area contributed by atoms with Gasteiger partial charge in [-0.25, -0.2) is 0 Å². The van der Waals surface area contributed by atoms with Crippen LogP contribution >= 0.6 is 11.8 Å². The zero-order valence-electron chi connectivity index (χ0n) is 22.4. The van der Waals surface area contributed by atoms with Gasteiger partial charge in [0, 0.05) is 25.1 Å². The number of carbonyl (C=O) groups is 3. The molecule has 14 heteroatoms. The number of fused-ring (bicyclic) bond motifs is 3. The Morgan fingerprint density at radius 3 is 2.72 bits per heavy atom. The van der Waals surface area contributed by atoms with Crippen molar-refractivity contribution in [1.29, 1.82) is 0 Å². The van der Waals surface area contributed by atoms with Gasteiger partial charge in [-0.2, -0.15) is 8.78 Å². The lowest BCUT2D eigenvalue weighted by atomic mass is 10.1. The van der Waals surface area contributed by atoms with Gasteiger partial charge >= 0.3 is 6.61 Å². The van der Waals surface area contributed by atoms with Crippen molar-refractivity contribution in [2.45, 2.75) is 41.5 Å². The minimum absolute atomic E-state index is 0.0776. The number of ether oxygens (including phenoxy) is 2. The Morgan fingerprint density at radius 1 is 1.07 bits per heavy atom. The fourth-order valence-corrected chi connectivity index (χ4v) is 5.94. The van der Waals surface area contributed by atoms with Crippen LogP contribution in [0.4, 0.5) is 14.6 Å². The van der Waals surface area contributed by atoms with Gasteiger partial charge in [-0.05, 0) is 48.0 Å². The standard InChI is InChI=1S/C29H25F2N5O6S/c30-29(31)40-17-11-19(28(39)33-12-15-5-7-18-21(9-15)42-35-26(18)32)36(14-17)25(37)13-34-27(38)16-6-8-24-22(10-16)41-20-3-1-2-4-23(20)43-24/h1-10,17,19,29H,11-14H2,(H2,32,35)(H,33,39)(H,34,38)/t17-,19+/m1/s1. The van der Waals surface area contributed by atoms with Crippen LogP contribution < -0.4 is 21.1 Å². The molecule has 0 spiro atoms. The number of amides is 3. The number of hydrogen-bond acceptors (Lipinski definition) is 9. The van der Waals surface area contributed by atoms with Crippen LogP contribution in [-0.4, -0.2) is 59.6 Å². The fourth-order valence-electron chi connectivity index (χ4n) is 5.01. The summed E-state index contributed by atoms with van der Waals surface area (Å²) < 4.78 is 41.6.